The second-order valence-corrected chi connectivity index (χ2v) is 8.78. The van der Waals surface area contributed by atoms with Crippen molar-refractivity contribution in [3.8, 4) is 5.75 Å². The largest absolute Gasteiger partial charge is 0.497 e. The highest BCUT2D eigenvalue weighted by molar-refractivity contribution is 7.99. The maximum absolute atomic E-state index is 12.7. The summed E-state index contributed by atoms with van der Waals surface area (Å²) >= 11 is 7.30. The second kappa shape index (κ2) is 12.4. The monoisotopic (exact) mass is 515 g/mol. The number of rotatable bonds is 11. The number of aliphatic hydroxyl groups excluding tert-OH is 1. The number of aromatic nitrogens is 3. The van der Waals surface area contributed by atoms with Crippen LogP contribution in [0.15, 0.2) is 60.3 Å². The van der Waals surface area contributed by atoms with E-state index >= 15 is 0 Å². The van der Waals surface area contributed by atoms with E-state index in [0.717, 1.165) is 5.56 Å². The summed E-state index contributed by atoms with van der Waals surface area (Å²) in [4.78, 5) is 25.2. The van der Waals surface area contributed by atoms with Gasteiger partial charge in [-0.3, -0.25) is 9.59 Å². The summed E-state index contributed by atoms with van der Waals surface area (Å²) in [5, 5.41) is 24.9. The van der Waals surface area contributed by atoms with Crippen LogP contribution < -0.4 is 15.4 Å². The zero-order valence-corrected chi connectivity index (χ0v) is 20.9. The molecule has 0 spiro atoms. The molecule has 0 unspecified atom stereocenters. The van der Waals surface area contributed by atoms with Crippen molar-refractivity contribution in [2.45, 2.75) is 24.7 Å². The summed E-state index contributed by atoms with van der Waals surface area (Å²) in [5.74, 6) is 0.431. The van der Waals surface area contributed by atoms with Gasteiger partial charge in [0.1, 0.15) is 11.8 Å². The van der Waals surface area contributed by atoms with Gasteiger partial charge < -0.3 is 25.0 Å². The predicted octanol–water partition coefficient (Wildman–Crippen LogP) is 3.63. The van der Waals surface area contributed by atoms with Crippen LogP contribution in [0.3, 0.4) is 0 Å². The minimum absolute atomic E-state index is 0.0726. The molecule has 0 aliphatic heterocycles. The average Bonchev–Trinajstić information content (AvgIpc) is 3.26. The van der Waals surface area contributed by atoms with E-state index in [-0.39, 0.29) is 17.6 Å². The van der Waals surface area contributed by atoms with Gasteiger partial charge in [-0.25, -0.2) is 0 Å². The van der Waals surface area contributed by atoms with Gasteiger partial charge in [0, 0.05) is 22.8 Å². The number of hydrogen-bond acceptors (Lipinski definition) is 7. The highest BCUT2D eigenvalue weighted by atomic mass is 35.5. The van der Waals surface area contributed by atoms with E-state index in [1.807, 2.05) is 6.92 Å². The number of thioether (sulfide) groups is 1. The van der Waals surface area contributed by atoms with Gasteiger partial charge in [0.15, 0.2) is 11.0 Å². The number of nitrogens with one attached hydrogen (secondary N) is 2. The molecule has 35 heavy (non-hydrogen) atoms. The molecule has 0 saturated heterocycles. The van der Waals surface area contributed by atoms with Crippen molar-refractivity contribution in [2.75, 3.05) is 24.8 Å². The fourth-order valence-corrected chi connectivity index (χ4v) is 4.13. The first-order valence-electron chi connectivity index (χ1n) is 10.7. The first-order valence-corrected chi connectivity index (χ1v) is 12.0. The Morgan fingerprint density at radius 3 is 2.66 bits per heavy atom. The Balaban J connectivity index is 1.71. The summed E-state index contributed by atoms with van der Waals surface area (Å²) in [6.45, 7) is 5.52. The first kappa shape index (κ1) is 26.3. The van der Waals surface area contributed by atoms with E-state index in [4.69, 9.17) is 16.3 Å². The summed E-state index contributed by atoms with van der Waals surface area (Å²) in [6.07, 6.45) is 1.64. The Morgan fingerprint density at radius 1 is 1.26 bits per heavy atom. The predicted molar refractivity (Wildman–Crippen MR) is 136 cm³/mol. The number of ether oxygens (including phenoxy) is 1. The van der Waals surface area contributed by atoms with Crippen LogP contribution in [0, 0.1) is 6.92 Å². The van der Waals surface area contributed by atoms with E-state index in [9.17, 15) is 14.7 Å². The minimum atomic E-state index is -0.811. The minimum Gasteiger partial charge on any atom is -0.497 e. The van der Waals surface area contributed by atoms with Crippen LogP contribution >= 0.6 is 23.4 Å². The third kappa shape index (κ3) is 6.62. The molecule has 0 saturated carbocycles. The van der Waals surface area contributed by atoms with Gasteiger partial charge >= 0.3 is 0 Å². The average molecular weight is 516 g/mol. The van der Waals surface area contributed by atoms with Gasteiger partial charge in [-0.15, -0.1) is 16.8 Å². The van der Waals surface area contributed by atoms with Crippen LogP contribution in [0.2, 0.25) is 5.02 Å². The van der Waals surface area contributed by atoms with Gasteiger partial charge in [-0.05, 0) is 48.9 Å². The Labute approximate surface area is 212 Å². The number of allylic oxidation sites excluding steroid dienone is 1. The number of hydrogen-bond donors (Lipinski definition) is 3. The molecule has 0 radical (unpaired) electrons. The van der Waals surface area contributed by atoms with Crippen molar-refractivity contribution in [1.29, 1.82) is 0 Å². The van der Waals surface area contributed by atoms with Crippen LogP contribution in [-0.4, -0.2) is 51.2 Å². The van der Waals surface area contributed by atoms with Gasteiger partial charge in [0.25, 0.3) is 5.91 Å². The Bertz CT molecular complexity index is 1200. The van der Waals surface area contributed by atoms with Gasteiger partial charge in [-0.2, -0.15) is 0 Å². The van der Waals surface area contributed by atoms with E-state index < -0.39 is 12.6 Å². The quantitative estimate of drug-likeness (QED) is 0.263. The van der Waals surface area contributed by atoms with Crippen LogP contribution in [0.1, 0.15) is 27.8 Å². The maximum atomic E-state index is 12.7. The third-order valence-electron chi connectivity index (χ3n) is 5.08. The van der Waals surface area contributed by atoms with E-state index in [1.54, 1.807) is 60.2 Å². The van der Waals surface area contributed by atoms with Crippen molar-refractivity contribution in [2.24, 2.45) is 0 Å². The molecule has 1 heterocycles. The molecule has 1 aromatic heterocycles. The van der Waals surface area contributed by atoms with Gasteiger partial charge in [0.2, 0.25) is 5.91 Å². The molecule has 3 rings (SSSR count). The smallest absolute Gasteiger partial charge is 0.251 e. The van der Waals surface area contributed by atoms with Gasteiger partial charge in [-0.1, -0.05) is 35.5 Å². The number of carbonyl (C=O) groups excluding carboxylic acids is 2. The van der Waals surface area contributed by atoms with E-state index in [2.05, 4.69) is 27.4 Å². The lowest BCUT2D eigenvalue weighted by Gasteiger charge is -2.17. The molecule has 0 bridgehead atoms. The lowest BCUT2D eigenvalue weighted by molar-refractivity contribution is -0.113. The molecule has 0 aliphatic carbocycles. The van der Waals surface area contributed by atoms with Crippen molar-refractivity contribution < 1.29 is 19.4 Å². The second-order valence-electron chi connectivity index (χ2n) is 7.43. The Hall–Kier alpha value is -3.34. The summed E-state index contributed by atoms with van der Waals surface area (Å²) in [6, 6.07) is 11.1. The maximum Gasteiger partial charge on any atom is 0.251 e. The summed E-state index contributed by atoms with van der Waals surface area (Å²) in [5.41, 5.74) is 1.82. The Kier molecular flexibility index (Phi) is 9.30. The number of carbonyl (C=O) groups is 2. The fraction of sp³-hybridized carbons (Fsp3) is 0.250. The number of nitrogens with zero attached hydrogens (tertiary/aromatic N) is 3. The highest BCUT2D eigenvalue weighted by Crippen LogP contribution is 2.25. The van der Waals surface area contributed by atoms with Crippen molar-refractivity contribution in [3.05, 3.63) is 77.1 Å². The highest BCUT2D eigenvalue weighted by Gasteiger charge is 2.23. The number of amides is 2. The topological polar surface area (TPSA) is 118 Å². The number of halogens is 1. The zero-order valence-electron chi connectivity index (χ0n) is 19.3. The number of aliphatic hydroxyl groups is 1. The molecule has 2 aromatic carbocycles. The molecule has 3 aromatic rings. The standard InChI is InChI=1S/C24H26ClN5O4S/c1-4-12-30-22(20(13-31)27-23(33)16-8-10-17(34-3)11-9-16)28-29-24(30)35-14-21(32)26-19-7-5-6-18(25)15(19)2/h4-11,20,31H,1,12-14H2,2-3H3,(H,26,32)(H,27,33)/t20-/m0/s1. The lowest BCUT2D eigenvalue weighted by Crippen LogP contribution is -2.33. The molecule has 0 aliphatic rings. The fourth-order valence-electron chi connectivity index (χ4n) is 3.20. The van der Waals surface area contributed by atoms with Crippen molar-refractivity contribution in [1.82, 2.24) is 20.1 Å². The van der Waals surface area contributed by atoms with Crippen molar-refractivity contribution in [3.63, 3.8) is 0 Å². The number of anilines is 1. The molecule has 3 N–H and O–H groups in total. The molecule has 9 nitrogen and oxygen atoms in total. The molecule has 184 valence electrons. The van der Waals surface area contributed by atoms with Crippen LogP contribution in [0.4, 0.5) is 5.69 Å². The van der Waals surface area contributed by atoms with Crippen LogP contribution in [0.5, 0.6) is 5.75 Å². The normalized spacial score (nSPS) is 11.5. The van der Waals surface area contributed by atoms with Crippen LogP contribution in [-0.2, 0) is 11.3 Å². The first-order chi connectivity index (χ1) is 16.9. The molecule has 1 atom stereocenters. The van der Waals surface area contributed by atoms with E-state index in [1.165, 1.54) is 11.8 Å². The lowest BCUT2D eigenvalue weighted by atomic mass is 10.2. The molecule has 0 fully saturated rings. The number of methoxy groups -OCH3 is 1. The summed E-state index contributed by atoms with van der Waals surface area (Å²) in [7, 11) is 1.54. The molecule has 11 heteroatoms. The van der Waals surface area contributed by atoms with Crippen molar-refractivity contribution >= 4 is 40.9 Å². The molecular weight excluding hydrogens is 490 g/mol. The summed E-state index contributed by atoms with van der Waals surface area (Å²) < 4.78 is 6.81. The SMILES string of the molecule is C=CCn1c(SCC(=O)Nc2cccc(Cl)c2C)nnc1[C@H](CO)NC(=O)c1ccc(OC)cc1. The molecule has 2 amide bonds. The van der Waals surface area contributed by atoms with Crippen LogP contribution in [0.25, 0.3) is 0 Å². The Morgan fingerprint density at radius 2 is 2.00 bits per heavy atom. The third-order valence-corrected chi connectivity index (χ3v) is 6.46. The van der Waals surface area contributed by atoms with Gasteiger partial charge in [0.05, 0.1) is 19.5 Å². The molecular formula is C24H26ClN5O4S. The van der Waals surface area contributed by atoms with E-state index in [0.29, 0.717) is 39.5 Å². The number of benzene rings is 2. The zero-order chi connectivity index (χ0) is 25.4.